The van der Waals surface area contributed by atoms with Gasteiger partial charge in [-0.2, -0.15) is 0 Å². The molecule has 19 heavy (non-hydrogen) atoms. The van der Waals surface area contributed by atoms with Crippen LogP contribution in [0.1, 0.15) is 24.2 Å². The number of benzene rings is 1. The van der Waals surface area contributed by atoms with Crippen LogP contribution in [0.3, 0.4) is 0 Å². The molecule has 1 aliphatic heterocycles. The topological polar surface area (TPSA) is 32.3 Å². The Labute approximate surface area is 129 Å². The van der Waals surface area contributed by atoms with Gasteiger partial charge in [-0.3, -0.25) is 4.79 Å². The van der Waals surface area contributed by atoms with Crippen molar-refractivity contribution in [3.05, 3.63) is 33.8 Å². The molecule has 2 rings (SSSR count). The van der Waals surface area contributed by atoms with E-state index in [1.165, 1.54) is 0 Å². The van der Waals surface area contributed by atoms with Crippen LogP contribution < -0.4 is 5.32 Å². The SMILES string of the molecule is CC1CN(C(=O)c2cc(Cl)ccc2Cl)CC(C)N1.Cl. The van der Waals surface area contributed by atoms with Crippen molar-refractivity contribution in [2.24, 2.45) is 0 Å². The van der Waals surface area contributed by atoms with Crippen molar-refractivity contribution in [3.63, 3.8) is 0 Å². The maximum atomic E-state index is 12.4. The van der Waals surface area contributed by atoms with Gasteiger partial charge in [-0.25, -0.2) is 0 Å². The van der Waals surface area contributed by atoms with E-state index in [-0.39, 0.29) is 30.4 Å². The number of nitrogens with zero attached hydrogens (tertiary/aromatic N) is 1. The highest BCUT2D eigenvalue weighted by Gasteiger charge is 2.26. The summed E-state index contributed by atoms with van der Waals surface area (Å²) in [6.45, 7) is 5.50. The van der Waals surface area contributed by atoms with Crippen molar-refractivity contribution < 1.29 is 4.79 Å². The average Bonchev–Trinajstić information content (AvgIpc) is 2.30. The van der Waals surface area contributed by atoms with Crippen LogP contribution in [0.4, 0.5) is 0 Å². The summed E-state index contributed by atoms with van der Waals surface area (Å²) in [5.74, 6) is -0.0531. The van der Waals surface area contributed by atoms with E-state index in [0.29, 0.717) is 28.7 Å². The standard InChI is InChI=1S/C13H16Cl2N2O.ClH/c1-8-6-17(7-9(2)16-8)13(18)11-5-10(14)3-4-12(11)15;/h3-5,8-9,16H,6-7H2,1-2H3;1H. The summed E-state index contributed by atoms with van der Waals surface area (Å²) in [4.78, 5) is 14.2. The second kappa shape index (κ2) is 6.80. The largest absolute Gasteiger partial charge is 0.335 e. The number of piperazine rings is 1. The van der Waals surface area contributed by atoms with E-state index in [4.69, 9.17) is 23.2 Å². The quantitative estimate of drug-likeness (QED) is 0.860. The number of amides is 1. The van der Waals surface area contributed by atoms with Crippen LogP contribution in [0.5, 0.6) is 0 Å². The number of nitrogens with one attached hydrogen (secondary N) is 1. The average molecular weight is 324 g/mol. The first-order valence-corrected chi connectivity index (χ1v) is 6.73. The lowest BCUT2D eigenvalue weighted by molar-refractivity contribution is 0.0674. The molecule has 1 amide bonds. The van der Waals surface area contributed by atoms with Crippen LogP contribution in [0.25, 0.3) is 0 Å². The molecule has 0 radical (unpaired) electrons. The molecule has 1 aromatic rings. The van der Waals surface area contributed by atoms with Crippen molar-refractivity contribution in [2.45, 2.75) is 25.9 Å². The van der Waals surface area contributed by atoms with E-state index in [1.807, 2.05) is 4.90 Å². The van der Waals surface area contributed by atoms with Crippen molar-refractivity contribution in [3.8, 4) is 0 Å². The fourth-order valence-electron chi connectivity index (χ4n) is 2.32. The zero-order valence-corrected chi connectivity index (χ0v) is 13.1. The van der Waals surface area contributed by atoms with E-state index in [1.54, 1.807) is 18.2 Å². The molecule has 6 heteroatoms. The van der Waals surface area contributed by atoms with Crippen molar-refractivity contribution >= 4 is 41.5 Å². The minimum atomic E-state index is -0.0531. The summed E-state index contributed by atoms with van der Waals surface area (Å²) in [6, 6.07) is 5.55. The minimum Gasteiger partial charge on any atom is -0.335 e. The lowest BCUT2D eigenvalue weighted by Gasteiger charge is -2.36. The number of carbonyl (C=O) groups excluding carboxylic acids is 1. The zero-order valence-electron chi connectivity index (χ0n) is 10.8. The van der Waals surface area contributed by atoms with Gasteiger partial charge in [0.15, 0.2) is 0 Å². The Kier molecular flexibility index (Phi) is 5.93. The predicted molar refractivity (Wildman–Crippen MR) is 81.7 cm³/mol. The van der Waals surface area contributed by atoms with Crippen LogP contribution in [-0.2, 0) is 0 Å². The van der Waals surface area contributed by atoms with Crippen LogP contribution in [0, 0.1) is 0 Å². The molecular formula is C13H17Cl3N2O. The molecule has 0 bridgehead atoms. The molecule has 2 unspecified atom stereocenters. The third-order valence-corrected chi connectivity index (χ3v) is 3.57. The Hall–Kier alpha value is -0.480. The normalized spacial score (nSPS) is 22.8. The molecule has 1 saturated heterocycles. The summed E-state index contributed by atoms with van der Waals surface area (Å²) in [5.41, 5.74) is 0.477. The number of hydrogen-bond donors (Lipinski definition) is 1. The lowest BCUT2D eigenvalue weighted by atomic mass is 10.1. The van der Waals surface area contributed by atoms with Gasteiger partial charge >= 0.3 is 0 Å². The molecule has 3 nitrogen and oxygen atoms in total. The fourth-order valence-corrected chi connectivity index (χ4v) is 2.69. The van der Waals surface area contributed by atoms with Gasteiger partial charge in [0, 0.05) is 30.2 Å². The highest BCUT2D eigenvalue weighted by Crippen LogP contribution is 2.23. The van der Waals surface area contributed by atoms with E-state index >= 15 is 0 Å². The van der Waals surface area contributed by atoms with E-state index in [9.17, 15) is 4.79 Å². The fraction of sp³-hybridized carbons (Fsp3) is 0.462. The number of halogens is 3. The van der Waals surface area contributed by atoms with E-state index < -0.39 is 0 Å². The molecule has 1 fully saturated rings. The second-order valence-electron chi connectivity index (χ2n) is 4.80. The predicted octanol–water partition coefficient (Wildman–Crippen LogP) is 3.24. The smallest absolute Gasteiger partial charge is 0.255 e. The third-order valence-electron chi connectivity index (χ3n) is 3.00. The van der Waals surface area contributed by atoms with Gasteiger partial charge in [-0.05, 0) is 32.0 Å². The summed E-state index contributed by atoms with van der Waals surface area (Å²) in [5, 5.41) is 4.36. The maximum Gasteiger partial charge on any atom is 0.255 e. The Morgan fingerprint density at radius 1 is 1.26 bits per heavy atom. The molecule has 0 aliphatic carbocycles. The van der Waals surface area contributed by atoms with Gasteiger partial charge in [0.2, 0.25) is 0 Å². The summed E-state index contributed by atoms with van der Waals surface area (Å²) in [7, 11) is 0. The van der Waals surface area contributed by atoms with Crippen LogP contribution >= 0.6 is 35.6 Å². The number of hydrogen-bond acceptors (Lipinski definition) is 2. The summed E-state index contributed by atoms with van der Waals surface area (Å²) in [6.07, 6.45) is 0. The van der Waals surface area contributed by atoms with Crippen LogP contribution in [-0.4, -0.2) is 36.0 Å². The Morgan fingerprint density at radius 2 is 1.84 bits per heavy atom. The van der Waals surface area contributed by atoms with Gasteiger partial charge in [0.25, 0.3) is 5.91 Å². The molecule has 1 aliphatic rings. The molecule has 0 spiro atoms. The van der Waals surface area contributed by atoms with Crippen LogP contribution in [0.15, 0.2) is 18.2 Å². The highest BCUT2D eigenvalue weighted by atomic mass is 35.5. The number of carbonyl (C=O) groups is 1. The molecule has 106 valence electrons. The van der Waals surface area contributed by atoms with Crippen molar-refractivity contribution in [2.75, 3.05) is 13.1 Å². The summed E-state index contributed by atoms with van der Waals surface area (Å²) >= 11 is 12.0. The molecule has 1 N–H and O–H groups in total. The van der Waals surface area contributed by atoms with E-state index in [0.717, 1.165) is 0 Å². The van der Waals surface area contributed by atoms with Gasteiger partial charge in [0.05, 0.1) is 10.6 Å². The molecule has 0 saturated carbocycles. The Bertz CT molecular complexity index is 457. The monoisotopic (exact) mass is 322 g/mol. The summed E-state index contributed by atoms with van der Waals surface area (Å²) < 4.78 is 0. The number of rotatable bonds is 1. The zero-order chi connectivity index (χ0) is 13.3. The van der Waals surface area contributed by atoms with Crippen molar-refractivity contribution in [1.82, 2.24) is 10.2 Å². The van der Waals surface area contributed by atoms with Crippen LogP contribution in [0.2, 0.25) is 10.0 Å². The van der Waals surface area contributed by atoms with Gasteiger partial charge in [0.1, 0.15) is 0 Å². The Morgan fingerprint density at radius 3 is 2.42 bits per heavy atom. The third kappa shape index (κ3) is 3.99. The van der Waals surface area contributed by atoms with Crippen molar-refractivity contribution in [1.29, 1.82) is 0 Å². The molecule has 1 aromatic carbocycles. The molecule has 2 atom stereocenters. The molecular weight excluding hydrogens is 307 g/mol. The first-order chi connectivity index (χ1) is 8.47. The first kappa shape index (κ1) is 16.6. The lowest BCUT2D eigenvalue weighted by Crippen LogP contribution is -2.55. The Balaban J connectivity index is 0.00000180. The first-order valence-electron chi connectivity index (χ1n) is 5.97. The van der Waals surface area contributed by atoms with E-state index in [2.05, 4.69) is 19.2 Å². The van der Waals surface area contributed by atoms with Gasteiger partial charge in [-0.15, -0.1) is 12.4 Å². The maximum absolute atomic E-state index is 12.4. The highest BCUT2D eigenvalue weighted by molar-refractivity contribution is 6.35. The molecule has 0 aromatic heterocycles. The van der Waals surface area contributed by atoms with Gasteiger partial charge < -0.3 is 10.2 Å². The molecule has 1 heterocycles. The minimum absolute atomic E-state index is 0. The van der Waals surface area contributed by atoms with Gasteiger partial charge in [-0.1, -0.05) is 23.2 Å². The second-order valence-corrected chi connectivity index (χ2v) is 5.65.